The first-order valence-corrected chi connectivity index (χ1v) is 10.4. The first-order valence-electron chi connectivity index (χ1n) is 9.30. The van der Waals surface area contributed by atoms with Gasteiger partial charge in [-0.05, 0) is 80.6 Å². The minimum absolute atomic E-state index is 0.0275. The molecule has 1 atom stereocenters. The number of carbonyl (C=O) groups excluding carboxylic acids is 2. The third-order valence-electron chi connectivity index (χ3n) is 4.14. The summed E-state index contributed by atoms with van der Waals surface area (Å²) in [4.78, 5) is 26.9. The molecule has 7 heteroatoms. The quantitative estimate of drug-likeness (QED) is 0.568. The van der Waals surface area contributed by atoms with E-state index >= 15 is 0 Å². The number of halogens is 2. The average molecular weight is 512 g/mol. The summed E-state index contributed by atoms with van der Waals surface area (Å²) in [6.07, 6.45) is 0. The predicted octanol–water partition coefficient (Wildman–Crippen LogP) is 4.14. The number of carbonyl (C=O) groups is 2. The van der Waals surface area contributed by atoms with Gasteiger partial charge in [0.2, 0.25) is 5.91 Å². The Kier molecular flexibility index (Phi) is 8.01. The summed E-state index contributed by atoms with van der Waals surface area (Å²) in [5, 5.41) is 2.87. The first-order chi connectivity index (χ1) is 13.6. The van der Waals surface area contributed by atoms with Gasteiger partial charge in [-0.1, -0.05) is 18.2 Å². The van der Waals surface area contributed by atoms with Crippen molar-refractivity contribution >= 4 is 34.4 Å². The SMILES string of the molecule is C[C@H](C(=O)NC(C)(C)C)N(Cc1ccccc1F)C(=O)COc1ccc(I)cc1. The van der Waals surface area contributed by atoms with Gasteiger partial charge in [-0.3, -0.25) is 9.59 Å². The molecular weight excluding hydrogens is 486 g/mol. The van der Waals surface area contributed by atoms with Crippen LogP contribution in [0.5, 0.6) is 5.75 Å². The topological polar surface area (TPSA) is 58.6 Å². The van der Waals surface area contributed by atoms with Gasteiger partial charge in [-0.2, -0.15) is 0 Å². The maximum Gasteiger partial charge on any atom is 0.261 e. The smallest absolute Gasteiger partial charge is 0.261 e. The third kappa shape index (κ3) is 7.30. The zero-order valence-corrected chi connectivity index (χ0v) is 19.2. The number of hydrogen-bond donors (Lipinski definition) is 1. The lowest BCUT2D eigenvalue weighted by Gasteiger charge is -2.31. The Morgan fingerprint density at radius 3 is 2.34 bits per heavy atom. The van der Waals surface area contributed by atoms with Crippen LogP contribution in [0.3, 0.4) is 0 Å². The van der Waals surface area contributed by atoms with Crippen molar-refractivity contribution in [1.82, 2.24) is 10.2 Å². The van der Waals surface area contributed by atoms with Crippen LogP contribution in [0.15, 0.2) is 48.5 Å². The molecule has 2 rings (SSSR count). The van der Waals surface area contributed by atoms with Crippen molar-refractivity contribution in [2.45, 2.75) is 45.8 Å². The Balaban J connectivity index is 2.18. The highest BCUT2D eigenvalue weighted by atomic mass is 127. The fraction of sp³-hybridized carbons (Fsp3) is 0.364. The van der Waals surface area contributed by atoms with Gasteiger partial charge in [-0.15, -0.1) is 0 Å². The maximum absolute atomic E-state index is 14.2. The molecule has 0 saturated heterocycles. The van der Waals surface area contributed by atoms with E-state index in [0.29, 0.717) is 11.3 Å². The molecule has 2 aromatic carbocycles. The summed E-state index contributed by atoms with van der Waals surface area (Å²) in [6.45, 7) is 6.94. The van der Waals surface area contributed by atoms with Crippen molar-refractivity contribution in [3.05, 3.63) is 63.5 Å². The minimum Gasteiger partial charge on any atom is -0.484 e. The summed E-state index contributed by atoms with van der Waals surface area (Å²) < 4.78 is 20.8. The summed E-state index contributed by atoms with van der Waals surface area (Å²) in [5.41, 5.74) is -0.110. The third-order valence-corrected chi connectivity index (χ3v) is 4.86. The van der Waals surface area contributed by atoms with Gasteiger partial charge in [-0.25, -0.2) is 4.39 Å². The Morgan fingerprint density at radius 2 is 1.76 bits per heavy atom. The lowest BCUT2D eigenvalue weighted by molar-refractivity contribution is -0.142. The van der Waals surface area contributed by atoms with E-state index in [2.05, 4.69) is 27.9 Å². The summed E-state index contributed by atoms with van der Waals surface area (Å²) in [6, 6.07) is 12.7. The molecule has 0 aliphatic rings. The molecule has 0 unspecified atom stereocenters. The number of benzene rings is 2. The molecule has 156 valence electrons. The number of ether oxygens (including phenoxy) is 1. The van der Waals surface area contributed by atoms with Crippen molar-refractivity contribution < 1.29 is 18.7 Å². The molecule has 0 saturated carbocycles. The van der Waals surface area contributed by atoms with Gasteiger partial charge in [0.05, 0.1) is 0 Å². The molecular formula is C22H26FIN2O3. The second-order valence-electron chi connectivity index (χ2n) is 7.77. The molecule has 0 fully saturated rings. The van der Waals surface area contributed by atoms with Crippen LogP contribution in [-0.4, -0.2) is 34.9 Å². The molecule has 0 heterocycles. The van der Waals surface area contributed by atoms with Crippen molar-refractivity contribution in [2.24, 2.45) is 0 Å². The Labute approximate surface area is 184 Å². The van der Waals surface area contributed by atoms with Crippen LogP contribution in [0.4, 0.5) is 4.39 Å². The highest BCUT2D eigenvalue weighted by molar-refractivity contribution is 14.1. The zero-order valence-electron chi connectivity index (χ0n) is 17.0. The first kappa shape index (κ1) is 23.1. The number of nitrogens with zero attached hydrogens (tertiary/aromatic N) is 1. The maximum atomic E-state index is 14.2. The second kappa shape index (κ2) is 10.0. The summed E-state index contributed by atoms with van der Waals surface area (Å²) >= 11 is 2.18. The molecule has 0 aliphatic carbocycles. The van der Waals surface area contributed by atoms with Gasteiger partial charge in [0.25, 0.3) is 5.91 Å². The molecule has 1 N–H and O–H groups in total. The van der Waals surface area contributed by atoms with Crippen molar-refractivity contribution in [2.75, 3.05) is 6.61 Å². The Bertz CT molecular complexity index is 850. The fourth-order valence-corrected chi connectivity index (χ4v) is 2.99. The minimum atomic E-state index is -0.790. The van der Waals surface area contributed by atoms with Gasteiger partial charge >= 0.3 is 0 Å². The van der Waals surface area contributed by atoms with E-state index in [1.165, 1.54) is 11.0 Å². The molecule has 2 amide bonds. The van der Waals surface area contributed by atoms with E-state index in [1.54, 1.807) is 37.3 Å². The molecule has 0 radical (unpaired) electrons. The number of hydrogen-bond acceptors (Lipinski definition) is 3. The van der Waals surface area contributed by atoms with Crippen LogP contribution < -0.4 is 10.1 Å². The van der Waals surface area contributed by atoms with Gasteiger partial charge in [0, 0.05) is 21.2 Å². The molecule has 0 bridgehead atoms. The van der Waals surface area contributed by atoms with Crippen LogP contribution in [0, 0.1) is 9.39 Å². The molecule has 5 nitrogen and oxygen atoms in total. The van der Waals surface area contributed by atoms with E-state index in [9.17, 15) is 14.0 Å². The average Bonchev–Trinajstić information content (AvgIpc) is 2.65. The summed E-state index contributed by atoms with van der Waals surface area (Å²) in [7, 11) is 0. The van der Waals surface area contributed by atoms with E-state index in [4.69, 9.17) is 4.74 Å². The van der Waals surface area contributed by atoms with Crippen LogP contribution in [0.2, 0.25) is 0 Å². The van der Waals surface area contributed by atoms with Crippen LogP contribution in [0.25, 0.3) is 0 Å². The Hall–Kier alpha value is -2.16. The normalized spacial score (nSPS) is 12.2. The molecule has 0 aliphatic heterocycles. The van der Waals surface area contributed by atoms with Crippen molar-refractivity contribution in [1.29, 1.82) is 0 Å². The van der Waals surface area contributed by atoms with Crippen LogP contribution >= 0.6 is 22.6 Å². The predicted molar refractivity (Wildman–Crippen MR) is 119 cm³/mol. The second-order valence-corrected chi connectivity index (χ2v) is 9.02. The summed E-state index contributed by atoms with van der Waals surface area (Å²) in [5.74, 6) is -0.580. The Morgan fingerprint density at radius 1 is 1.14 bits per heavy atom. The molecule has 29 heavy (non-hydrogen) atoms. The van der Waals surface area contributed by atoms with Gasteiger partial charge in [0.1, 0.15) is 17.6 Å². The standard InChI is InChI=1S/C22H26FIN2O3/c1-15(21(28)25-22(2,3)4)26(13-16-7-5-6-8-19(16)23)20(27)14-29-18-11-9-17(24)10-12-18/h5-12,15H,13-14H2,1-4H3,(H,25,28)/t15-/m1/s1. The van der Waals surface area contributed by atoms with E-state index in [0.717, 1.165) is 3.57 Å². The van der Waals surface area contributed by atoms with E-state index in [1.807, 2.05) is 32.9 Å². The number of amides is 2. The lowest BCUT2D eigenvalue weighted by Crippen LogP contribution is -2.53. The number of rotatable bonds is 7. The highest BCUT2D eigenvalue weighted by Gasteiger charge is 2.29. The largest absolute Gasteiger partial charge is 0.484 e. The lowest BCUT2D eigenvalue weighted by atomic mass is 10.1. The molecule has 0 aromatic heterocycles. The zero-order chi connectivity index (χ0) is 21.6. The fourth-order valence-electron chi connectivity index (χ4n) is 2.63. The number of nitrogens with one attached hydrogen (secondary N) is 1. The van der Waals surface area contributed by atoms with E-state index in [-0.39, 0.29) is 19.1 Å². The highest BCUT2D eigenvalue weighted by Crippen LogP contribution is 2.16. The molecule has 2 aromatic rings. The van der Waals surface area contributed by atoms with Gasteiger partial charge in [0.15, 0.2) is 6.61 Å². The monoisotopic (exact) mass is 512 g/mol. The van der Waals surface area contributed by atoms with E-state index < -0.39 is 23.3 Å². The van der Waals surface area contributed by atoms with Crippen LogP contribution in [0.1, 0.15) is 33.3 Å². The van der Waals surface area contributed by atoms with Crippen molar-refractivity contribution in [3.63, 3.8) is 0 Å². The van der Waals surface area contributed by atoms with Crippen molar-refractivity contribution in [3.8, 4) is 5.75 Å². The molecule has 0 spiro atoms. The van der Waals surface area contributed by atoms with Gasteiger partial charge < -0.3 is 15.0 Å². The van der Waals surface area contributed by atoms with Crippen LogP contribution in [-0.2, 0) is 16.1 Å².